The Morgan fingerprint density at radius 1 is 0.838 bits per heavy atom. The molecule has 2 heterocycles. The minimum absolute atomic E-state index is 0.219. The first-order valence-corrected chi connectivity index (χ1v) is 12.6. The molecule has 0 saturated carbocycles. The largest absolute Gasteiger partial charge is 0.469 e. The van der Waals surface area contributed by atoms with Crippen LogP contribution in [0.2, 0.25) is 0 Å². The van der Waals surface area contributed by atoms with Gasteiger partial charge in [0.25, 0.3) is 0 Å². The van der Waals surface area contributed by atoms with Gasteiger partial charge in [0.2, 0.25) is 6.41 Å². The lowest BCUT2D eigenvalue weighted by Crippen LogP contribution is -2.67. The molecule has 7 unspecified atom stereocenters. The van der Waals surface area contributed by atoms with E-state index in [0.29, 0.717) is 19.3 Å². The smallest absolute Gasteiger partial charge is 0.305 e. The van der Waals surface area contributed by atoms with Gasteiger partial charge in [-0.25, -0.2) is 0 Å². The number of unbranched alkanes of at least 4 members (excludes halogenated alkanes) is 5. The molecule has 2 saturated heterocycles. The van der Waals surface area contributed by atoms with E-state index in [0.717, 1.165) is 32.1 Å². The molecule has 2 fully saturated rings. The summed E-state index contributed by atoms with van der Waals surface area (Å²) in [4.78, 5) is 22.3. The van der Waals surface area contributed by atoms with E-state index in [1.54, 1.807) is 0 Å². The van der Waals surface area contributed by atoms with E-state index in [1.165, 1.54) is 7.11 Å². The molecule has 1 amide bonds. The fourth-order valence-electron chi connectivity index (χ4n) is 4.35. The van der Waals surface area contributed by atoms with Gasteiger partial charge in [0, 0.05) is 13.0 Å². The highest BCUT2D eigenvalue weighted by atomic mass is 16.7. The van der Waals surface area contributed by atoms with Crippen molar-refractivity contribution >= 4 is 12.4 Å². The first-order valence-electron chi connectivity index (χ1n) is 12.6. The van der Waals surface area contributed by atoms with E-state index >= 15 is 0 Å². The normalized spacial score (nSPS) is 36.2. The summed E-state index contributed by atoms with van der Waals surface area (Å²) >= 11 is 0. The van der Waals surface area contributed by atoms with Gasteiger partial charge in [-0.15, -0.1) is 0 Å². The summed E-state index contributed by atoms with van der Waals surface area (Å²) in [5.74, 6) is -0.219. The van der Waals surface area contributed by atoms with Gasteiger partial charge in [0.05, 0.1) is 20.3 Å². The summed E-state index contributed by atoms with van der Waals surface area (Å²) < 4.78 is 27.0. The zero-order chi connectivity index (χ0) is 27.4. The summed E-state index contributed by atoms with van der Waals surface area (Å²) in [5.41, 5.74) is 0. The number of carbonyl (C=O) groups excluding carboxylic acids is 2. The Morgan fingerprint density at radius 3 is 2.08 bits per heavy atom. The molecule has 0 aromatic heterocycles. The van der Waals surface area contributed by atoms with E-state index in [9.17, 15) is 40.2 Å². The van der Waals surface area contributed by atoms with Gasteiger partial charge in [-0.05, 0) is 12.8 Å². The summed E-state index contributed by atoms with van der Waals surface area (Å²) in [6, 6.07) is -1.09. The highest BCUT2D eigenvalue weighted by Gasteiger charge is 2.51. The Hall–Kier alpha value is -1.46. The number of aliphatic hydroxyl groups excluding tert-OH is 6. The summed E-state index contributed by atoms with van der Waals surface area (Å²) in [5, 5.41) is 62.7. The molecule has 14 nitrogen and oxygen atoms in total. The van der Waals surface area contributed by atoms with Gasteiger partial charge in [0.1, 0.15) is 48.8 Å². The highest BCUT2D eigenvalue weighted by Crippen LogP contribution is 2.29. The molecule has 37 heavy (non-hydrogen) atoms. The molecule has 0 aromatic rings. The van der Waals surface area contributed by atoms with Crippen LogP contribution in [-0.2, 0) is 33.3 Å². The Morgan fingerprint density at radius 2 is 1.46 bits per heavy atom. The molecule has 0 aliphatic carbocycles. The minimum Gasteiger partial charge on any atom is -0.469 e. The second-order valence-electron chi connectivity index (χ2n) is 9.14. The van der Waals surface area contributed by atoms with Gasteiger partial charge >= 0.3 is 5.97 Å². The number of rotatable bonds is 16. The Labute approximate surface area is 215 Å². The van der Waals surface area contributed by atoms with Crippen LogP contribution in [0.25, 0.3) is 0 Å². The SMILES string of the molecule is COC(=O)CCCCCCCCO[C@@H]1OC(CO)[C@@H](OC2OC(CO)[C@H](O)C(O)C2O)C(O)C1NC=O. The lowest BCUT2D eigenvalue weighted by Gasteiger charge is -2.46. The van der Waals surface area contributed by atoms with E-state index in [2.05, 4.69) is 10.1 Å². The third-order valence-corrected chi connectivity index (χ3v) is 6.54. The van der Waals surface area contributed by atoms with Crippen molar-refractivity contribution in [3.63, 3.8) is 0 Å². The number of nitrogens with one attached hydrogen (secondary N) is 1. The molecular weight excluding hydrogens is 498 g/mol. The number of hydrogen-bond acceptors (Lipinski definition) is 13. The highest BCUT2D eigenvalue weighted by molar-refractivity contribution is 5.68. The molecule has 10 atom stereocenters. The average Bonchev–Trinajstić information content (AvgIpc) is 2.90. The fourth-order valence-corrected chi connectivity index (χ4v) is 4.35. The first-order chi connectivity index (χ1) is 17.8. The van der Waals surface area contributed by atoms with Crippen molar-refractivity contribution in [2.75, 3.05) is 26.9 Å². The number of aliphatic hydroxyl groups is 6. The van der Waals surface area contributed by atoms with E-state index < -0.39 is 74.6 Å². The van der Waals surface area contributed by atoms with Crippen LogP contribution in [0.15, 0.2) is 0 Å². The number of esters is 1. The molecule has 7 N–H and O–H groups in total. The molecular formula is C23H41NO13. The second kappa shape index (κ2) is 16.5. The minimum atomic E-state index is -1.73. The quantitative estimate of drug-likeness (QED) is 0.0604. The molecule has 0 spiro atoms. The molecule has 0 radical (unpaired) electrons. The monoisotopic (exact) mass is 539 g/mol. The van der Waals surface area contributed by atoms with Crippen LogP contribution >= 0.6 is 0 Å². The van der Waals surface area contributed by atoms with Crippen molar-refractivity contribution in [2.45, 2.75) is 106 Å². The molecule has 216 valence electrons. The summed E-state index contributed by atoms with van der Waals surface area (Å²) in [7, 11) is 1.36. The first kappa shape index (κ1) is 31.8. The van der Waals surface area contributed by atoms with Crippen molar-refractivity contribution in [3.8, 4) is 0 Å². The van der Waals surface area contributed by atoms with Crippen LogP contribution in [0.5, 0.6) is 0 Å². The van der Waals surface area contributed by atoms with Crippen LogP contribution in [0, 0.1) is 0 Å². The number of hydrogen-bond donors (Lipinski definition) is 7. The van der Waals surface area contributed by atoms with Crippen LogP contribution in [0.1, 0.15) is 44.9 Å². The number of carbonyl (C=O) groups is 2. The maximum absolute atomic E-state index is 11.2. The number of amides is 1. The molecule has 14 heteroatoms. The zero-order valence-electron chi connectivity index (χ0n) is 21.0. The Balaban J connectivity index is 1.87. The fraction of sp³-hybridized carbons (Fsp3) is 0.913. The predicted molar refractivity (Wildman–Crippen MR) is 124 cm³/mol. The Kier molecular flexibility index (Phi) is 14.2. The zero-order valence-corrected chi connectivity index (χ0v) is 21.0. The third-order valence-electron chi connectivity index (χ3n) is 6.54. The van der Waals surface area contributed by atoms with Gasteiger partial charge in [-0.2, -0.15) is 0 Å². The van der Waals surface area contributed by atoms with Gasteiger partial charge in [0.15, 0.2) is 12.6 Å². The predicted octanol–water partition coefficient (Wildman–Crippen LogP) is -2.72. The van der Waals surface area contributed by atoms with E-state index in [-0.39, 0.29) is 12.6 Å². The average molecular weight is 540 g/mol. The van der Waals surface area contributed by atoms with Crippen molar-refractivity contribution in [1.82, 2.24) is 5.32 Å². The van der Waals surface area contributed by atoms with Crippen LogP contribution in [-0.4, -0.2) is 131 Å². The van der Waals surface area contributed by atoms with Gasteiger partial charge in [-0.3, -0.25) is 9.59 Å². The van der Waals surface area contributed by atoms with E-state index in [4.69, 9.17) is 18.9 Å². The molecule has 2 rings (SSSR count). The number of methoxy groups -OCH3 is 1. The van der Waals surface area contributed by atoms with Crippen molar-refractivity contribution in [3.05, 3.63) is 0 Å². The third kappa shape index (κ3) is 9.06. The van der Waals surface area contributed by atoms with Crippen molar-refractivity contribution in [2.24, 2.45) is 0 Å². The van der Waals surface area contributed by atoms with Crippen molar-refractivity contribution < 1.29 is 63.9 Å². The standard InChI is InChI=1S/C23H41NO13/c1-33-15(28)8-6-4-2-3-5-7-9-34-22-16(24-12-27)18(30)21(14(11-26)36-22)37-23-20(32)19(31)17(29)13(10-25)35-23/h12-14,16-23,25-26,29-32H,2-11H2,1H3,(H,24,27)/t13?,14?,16?,17-,18?,19?,20?,21+,22+,23?/m0/s1. The van der Waals surface area contributed by atoms with Crippen LogP contribution < -0.4 is 5.32 Å². The van der Waals surface area contributed by atoms with Crippen LogP contribution in [0.3, 0.4) is 0 Å². The van der Waals surface area contributed by atoms with Crippen molar-refractivity contribution in [1.29, 1.82) is 0 Å². The van der Waals surface area contributed by atoms with Crippen LogP contribution in [0.4, 0.5) is 0 Å². The maximum Gasteiger partial charge on any atom is 0.305 e. The Bertz CT molecular complexity index is 669. The molecule has 2 aliphatic heterocycles. The topological polar surface area (TPSA) is 214 Å². The molecule has 0 aromatic carbocycles. The lowest BCUT2D eigenvalue weighted by molar-refractivity contribution is -0.348. The number of ether oxygens (including phenoxy) is 5. The molecule has 2 aliphatic rings. The van der Waals surface area contributed by atoms with Gasteiger partial charge < -0.3 is 59.6 Å². The lowest BCUT2D eigenvalue weighted by atomic mass is 9.95. The van der Waals surface area contributed by atoms with E-state index in [1.807, 2.05) is 0 Å². The second-order valence-corrected chi connectivity index (χ2v) is 9.14. The maximum atomic E-state index is 11.2. The van der Waals surface area contributed by atoms with Gasteiger partial charge in [-0.1, -0.05) is 25.7 Å². The summed E-state index contributed by atoms with van der Waals surface area (Å²) in [6.07, 6.45) is -7.02. The summed E-state index contributed by atoms with van der Waals surface area (Å²) in [6.45, 7) is -1.03. The molecule has 0 bridgehead atoms.